The Morgan fingerprint density at radius 3 is 3.00 bits per heavy atom. The lowest BCUT2D eigenvalue weighted by molar-refractivity contribution is 0.304. The van der Waals surface area contributed by atoms with Crippen LogP contribution in [0.5, 0.6) is 0 Å². The Bertz CT molecular complexity index is 716. The second kappa shape index (κ2) is 3.92. The number of aromatic amines is 1. The van der Waals surface area contributed by atoms with Gasteiger partial charge in [0.15, 0.2) is 0 Å². The summed E-state index contributed by atoms with van der Waals surface area (Å²) in [6.45, 7) is 2.11. The molecule has 6 heteroatoms. The van der Waals surface area contributed by atoms with Gasteiger partial charge in [-0.1, -0.05) is 5.16 Å². The van der Waals surface area contributed by atoms with E-state index in [4.69, 9.17) is 10.4 Å². The van der Waals surface area contributed by atoms with Crippen LogP contribution in [0.15, 0.2) is 22.8 Å². The summed E-state index contributed by atoms with van der Waals surface area (Å²) in [5, 5.41) is 8.35. The molecule has 0 fully saturated rings. The van der Waals surface area contributed by atoms with Crippen LogP contribution in [0.4, 0.5) is 4.39 Å². The molecule has 0 atom stereocenters. The second-order valence-electron chi connectivity index (χ2n) is 4.08. The minimum absolute atomic E-state index is 0.222. The molecule has 0 amide bonds. The van der Waals surface area contributed by atoms with Crippen LogP contribution in [-0.2, 0) is 6.54 Å². The molecule has 0 radical (unpaired) electrons. The van der Waals surface area contributed by atoms with E-state index in [9.17, 15) is 4.39 Å². The third-order valence-corrected chi connectivity index (χ3v) is 2.93. The fraction of sp³-hybridized carbons (Fsp3) is 0.167. The van der Waals surface area contributed by atoms with E-state index in [0.717, 1.165) is 22.2 Å². The van der Waals surface area contributed by atoms with E-state index in [0.29, 0.717) is 11.4 Å². The summed E-state index contributed by atoms with van der Waals surface area (Å²) in [5.41, 5.74) is 9.20. The molecule has 0 aliphatic carbocycles. The van der Waals surface area contributed by atoms with Crippen LogP contribution >= 0.6 is 0 Å². The standard InChI is InChI=1S/C12H11FN4O/c1-6-11(12-10(5-14)16-18-17-12)8-4-7(13)2-3-9(8)15-6/h2-4,15H,5,14H2,1H3. The van der Waals surface area contributed by atoms with E-state index in [1.54, 1.807) is 6.07 Å². The highest BCUT2D eigenvalue weighted by Crippen LogP contribution is 2.32. The average molecular weight is 246 g/mol. The number of H-pyrrole nitrogens is 1. The number of benzene rings is 1. The number of fused-ring (bicyclic) bond motifs is 1. The molecule has 0 spiro atoms. The Hall–Kier alpha value is -2.21. The molecule has 0 aliphatic heterocycles. The molecule has 3 rings (SSSR count). The first-order chi connectivity index (χ1) is 8.70. The molecule has 0 aliphatic rings. The van der Waals surface area contributed by atoms with Gasteiger partial charge in [-0.3, -0.25) is 0 Å². The number of hydrogen-bond acceptors (Lipinski definition) is 4. The highest BCUT2D eigenvalue weighted by atomic mass is 19.1. The van der Waals surface area contributed by atoms with E-state index in [1.165, 1.54) is 12.1 Å². The summed E-state index contributed by atoms with van der Waals surface area (Å²) in [6.07, 6.45) is 0. The largest absolute Gasteiger partial charge is 0.358 e. The third kappa shape index (κ3) is 1.50. The predicted molar refractivity (Wildman–Crippen MR) is 64.2 cm³/mol. The summed E-state index contributed by atoms with van der Waals surface area (Å²) < 4.78 is 18.1. The average Bonchev–Trinajstić information content (AvgIpc) is 2.91. The Labute approximate surface area is 102 Å². The molecular weight excluding hydrogens is 235 g/mol. The topological polar surface area (TPSA) is 80.7 Å². The summed E-state index contributed by atoms with van der Waals surface area (Å²) in [5.74, 6) is -0.298. The highest BCUT2D eigenvalue weighted by molar-refractivity contribution is 5.96. The number of hydrogen-bond donors (Lipinski definition) is 2. The van der Waals surface area contributed by atoms with Crippen LogP contribution in [0.3, 0.4) is 0 Å². The molecule has 0 unspecified atom stereocenters. The van der Waals surface area contributed by atoms with Crippen molar-refractivity contribution < 1.29 is 9.02 Å². The smallest absolute Gasteiger partial charge is 0.142 e. The van der Waals surface area contributed by atoms with Crippen LogP contribution in [0.2, 0.25) is 0 Å². The van der Waals surface area contributed by atoms with Crippen molar-refractivity contribution in [2.75, 3.05) is 0 Å². The van der Waals surface area contributed by atoms with Crippen molar-refractivity contribution in [3.8, 4) is 11.3 Å². The molecule has 0 bridgehead atoms. The van der Waals surface area contributed by atoms with Crippen molar-refractivity contribution in [1.29, 1.82) is 0 Å². The van der Waals surface area contributed by atoms with Crippen molar-refractivity contribution in [3.05, 3.63) is 35.4 Å². The Morgan fingerprint density at radius 1 is 1.39 bits per heavy atom. The zero-order valence-corrected chi connectivity index (χ0v) is 9.70. The van der Waals surface area contributed by atoms with Crippen LogP contribution in [0, 0.1) is 12.7 Å². The Kier molecular flexibility index (Phi) is 2.38. The van der Waals surface area contributed by atoms with E-state index in [1.807, 2.05) is 6.92 Å². The zero-order valence-electron chi connectivity index (χ0n) is 9.70. The number of rotatable bonds is 2. The maximum absolute atomic E-state index is 13.4. The van der Waals surface area contributed by atoms with Crippen LogP contribution in [-0.4, -0.2) is 15.3 Å². The van der Waals surface area contributed by atoms with Crippen LogP contribution in [0.1, 0.15) is 11.4 Å². The molecule has 0 saturated carbocycles. The number of nitrogens with two attached hydrogens (primary N) is 1. The number of aryl methyl sites for hydroxylation is 1. The number of halogens is 1. The first-order valence-electron chi connectivity index (χ1n) is 5.50. The molecule has 0 saturated heterocycles. The summed E-state index contributed by atoms with van der Waals surface area (Å²) in [6, 6.07) is 4.56. The van der Waals surface area contributed by atoms with Gasteiger partial charge < -0.3 is 10.7 Å². The van der Waals surface area contributed by atoms with E-state index >= 15 is 0 Å². The lowest BCUT2D eigenvalue weighted by atomic mass is 10.1. The van der Waals surface area contributed by atoms with Gasteiger partial charge in [0.1, 0.15) is 17.2 Å². The van der Waals surface area contributed by atoms with E-state index in [2.05, 4.69) is 15.3 Å². The first kappa shape index (κ1) is 10.9. The molecule has 92 valence electrons. The van der Waals surface area contributed by atoms with E-state index < -0.39 is 0 Å². The van der Waals surface area contributed by atoms with Crippen LogP contribution in [0.25, 0.3) is 22.2 Å². The van der Waals surface area contributed by atoms with Crippen LogP contribution < -0.4 is 5.73 Å². The van der Waals surface area contributed by atoms with Gasteiger partial charge in [0.2, 0.25) is 0 Å². The fourth-order valence-corrected chi connectivity index (χ4v) is 2.13. The number of nitrogens with one attached hydrogen (secondary N) is 1. The third-order valence-electron chi connectivity index (χ3n) is 2.93. The van der Waals surface area contributed by atoms with Crippen molar-refractivity contribution in [2.45, 2.75) is 13.5 Å². The van der Waals surface area contributed by atoms with Gasteiger partial charge in [-0.05, 0) is 30.3 Å². The normalized spacial score (nSPS) is 11.3. The minimum atomic E-state index is -0.298. The van der Waals surface area contributed by atoms with Crippen molar-refractivity contribution >= 4 is 10.9 Å². The first-order valence-corrected chi connectivity index (χ1v) is 5.50. The van der Waals surface area contributed by atoms with Gasteiger partial charge in [-0.25, -0.2) is 9.02 Å². The van der Waals surface area contributed by atoms with E-state index in [-0.39, 0.29) is 12.4 Å². The van der Waals surface area contributed by atoms with Gasteiger partial charge in [-0.15, -0.1) is 0 Å². The monoisotopic (exact) mass is 246 g/mol. The molecule has 18 heavy (non-hydrogen) atoms. The SMILES string of the molecule is Cc1[nH]c2ccc(F)cc2c1-c1nonc1CN. The van der Waals surface area contributed by atoms with Gasteiger partial charge in [0.25, 0.3) is 0 Å². The lowest BCUT2D eigenvalue weighted by Crippen LogP contribution is -1.98. The maximum Gasteiger partial charge on any atom is 0.142 e. The number of nitrogens with zero attached hydrogens (tertiary/aromatic N) is 2. The summed E-state index contributed by atoms with van der Waals surface area (Å²) in [4.78, 5) is 3.18. The highest BCUT2D eigenvalue weighted by Gasteiger charge is 2.18. The maximum atomic E-state index is 13.4. The summed E-state index contributed by atoms with van der Waals surface area (Å²) >= 11 is 0. The lowest BCUT2D eigenvalue weighted by Gasteiger charge is -1.98. The molecular formula is C12H11FN4O. The van der Waals surface area contributed by atoms with Gasteiger partial charge in [0, 0.05) is 28.7 Å². The quantitative estimate of drug-likeness (QED) is 0.725. The number of aromatic nitrogens is 3. The fourth-order valence-electron chi connectivity index (χ4n) is 2.13. The van der Waals surface area contributed by atoms with Gasteiger partial charge in [-0.2, -0.15) is 0 Å². The Morgan fingerprint density at radius 2 is 2.22 bits per heavy atom. The second-order valence-corrected chi connectivity index (χ2v) is 4.08. The van der Waals surface area contributed by atoms with Gasteiger partial charge in [0.05, 0.1) is 0 Å². The van der Waals surface area contributed by atoms with Gasteiger partial charge >= 0.3 is 0 Å². The molecule has 3 aromatic rings. The van der Waals surface area contributed by atoms with Crippen molar-refractivity contribution in [2.24, 2.45) is 5.73 Å². The molecule has 1 aromatic carbocycles. The molecule has 2 heterocycles. The predicted octanol–water partition coefficient (Wildman–Crippen LogP) is 2.12. The molecule has 2 aromatic heterocycles. The minimum Gasteiger partial charge on any atom is -0.358 e. The molecule has 3 N–H and O–H groups in total. The molecule has 5 nitrogen and oxygen atoms in total. The van der Waals surface area contributed by atoms with Crippen molar-refractivity contribution in [1.82, 2.24) is 15.3 Å². The zero-order chi connectivity index (χ0) is 12.7. The Balaban J connectivity index is 2.34. The summed E-state index contributed by atoms with van der Waals surface area (Å²) in [7, 11) is 0. The van der Waals surface area contributed by atoms with Crippen molar-refractivity contribution in [3.63, 3.8) is 0 Å².